The SMILES string of the molecule is CC1(C)[Si]2=[Si](C[Si]C2)C(C)(C)[Si]1(C)C. The van der Waals surface area contributed by atoms with Crippen LogP contribution in [0.1, 0.15) is 27.7 Å². The Bertz CT molecular complexity index is 284. The summed E-state index contributed by atoms with van der Waals surface area (Å²) < 4.78 is 1.64. The van der Waals surface area contributed by atoms with Crippen LogP contribution in [0.25, 0.3) is 0 Å². The molecule has 0 aromatic rings. The van der Waals surface area contributed by atoms with Crippen LogP contribution in [0.4, 0.5) is 0 Å². The lowest BCUT2D eigenvalue weighted by molar-refractivity contribution is 0.804. The number of rotatable bonds is 0. The molecular formula is C10H22Si4. The third kappa shape index (κ3) is 1.09. The fraction of sp³-hybridized carbons (Fsp3) is 1.00. The van der Waals surface area contributed by atoms with E-state index in [-0.39, 0.29) is 15.8 Å². The summed E-state index contributed by atoms with van der Waals surface area (Å²) in [4.78, 5) is 0. The molecule has 0 spiro atoms. The summed E-state index contributed by atoms with van der Waals surface area (Å²) in [5.41, 5.74) is 3.37. The summed E-state index contributed by atoms with van der Waals surface area (Å²) in [6.45, 7) is 15.9. The Morgan fingerprint density at radius 1 is 0.929 bits per heavy atom. The van der Waals surface area contributed by atoms with Gasteiger partial charge in [0.15, 0.2) is 0 Å². The van der Waals surface area contributed by atoms with Gasteiger partial charge in [0.25, 0.3) is 0 Å². The number of hydrogen-bond acceptors (Lipinski definition) is 0. The van der Waals surface area contributed by atoms with Crippen LogP contribution in [0.5, 0.6) is 0 Å². The third-order valence-corrected chi connectivity index (χ3v) is 36.6. The first-order valence-electron chi connectivity index (χ1n) is 5.66. The zero-order chi connectivity index (χ0) is 10.8. The largest absolute Gasteiger partial charge is 0.0686 e. The van der Waals surface area contributed by atoms with E-state index in [4.69, 9.17) is 0 Å². The molecule has 2 radical (unpaired) electrons. The second-order valence-electron chi connectivity index (χ2n) is 6.44. The van der Waals surface area contributed by atoms with Gasteiger partial charge in [-0.1, -0.05) is 52.1 Å². The van der Waals surface area contributed by atoms with E-state index in [9.17, 15) is 0 Å². The molecule has 2 aliphatic heterocycles. The van der Waals surface area contributed by atoms with Crippen LogP contribution in [0.15, 0.2) is 0 Å². The molecule has 0 atom stereocenters. The molecule has 0 saturated heterocycles. The van der Waals surface area contributed by atoms with Crippen molar-refractivity contribution < 1.29 is 0 Å². The van der Waals surface area contributed by atoms with Gasteiger partial charge in [-0.2, -0.15) is 0 Å². The van der Waals surface area contributed by atoms with Crippen LogP contribution < -0.4 is 0 Å². The summed E-state index contributed by atoms with van der Waals surface area (Å²) in [5.74, 6) is 0. The van der Waals surface area contributed by atoms with Gasteiger partial charge in [0.2, 0.25) is 0 Å². The Balaban J connectivity index is 2.59. The van der Waals surface area contributed by atoms with E-state index in [2.05, 4.69) is 40.8 Å². The van der Waals surface area contributed by atoms with Gasteiger partial charge in [-0.15, -0.1) is 0 Å². The minimum atomic E-state index is -0.996. The molecule has 0 amide bonds. The second-order valence-corrected chi connectivity index (χ2v) is 24.5. The van der Waals surface area contributed by atoms with E-state index in [0.29, 0.717) is 0 Å². The predicted octanol–water partition coefficient (Wildman–Crippen LogP) is 3.05. The molecule has 0 unspecified atom stereocenters. The maximum absolute atomic E-state index is 2.68. The summed E-state index contributed by atoms with van der Waals surface area (Å²) in [6.07, 6.45) is 0. The maximum Gasteiger partial charge on any atom is 0.0591 e. The molecule has 4 heteroatoms. The lowest BCUT2D eigenvalue weighted by Crippen LogP contribution is -2.47. The molecule has 0 fully saturated rings. The average Bonchev–Trinajstić information content (AvgIpc) is 2.53. The standard InChI is InChI=1S/C10H22Si4/c1-9(2)12-7-11-8-13(12)10(3,4)14(9,5)6/h7-8H2,1-6H3. The second kappa shape index (κ2) is 2.96. The van der Waals surface area contributed by atoms with Crippen molar-refractivity contribution in [2.24, 2.45) is 0 Å². The van der Waals surface area contributed by atoms with Crippen molar-refractivity contribution in [3.8, 4) is 0 Å². The Morgan fingerprint density at radius 3 is 1.64 bits per heavy atom. The molecule has 0 aromatic heterocycles. The van der Waals surface area contributed by atoms with Gasteiger partial charge in [-0.05, 0) is 25.1 Å². The Labute approximate surface area is 94.9 Å². The van der Waals surface area contributed by atoms with Gasteiger partial charge < -0.3 is 0 Å². The fourth-order valence-electron chi connectivity index (χ4n) is 3.26. The van der Waals surface area contributed by atoms with Crippen molar-refractivity contribution in [1.82, 2.24) is 0 Å². The Morgan fingerprint density at radius 2 is 1.29 bits per heavy atom. The molecule has 2 aliphatic rings. The van der Waals surface area contributed by atoms with Gasteiger partial charge in [-0.3, -0.25) is 0 Å². The lowest BCUT2D eigenvalue weighted by atomic mass is 10.5. The summed E-state index contributed by atoms with van der Waals surface area (Å²) in [6, 6.07) is 0. The average molecular weight is 255 g/mol. The van der Waals surface area contributed by atoms with Crippen LogP contribution in [0, 0.1) is 0 Å². The molecule has 0 aromatic carbocycles. The zero-order valence-electron chi connectivity index (χ0n) is 10.4. The molecule has 2 heterocycles. The molecule has 0 bridgehead atoms. The fourth-order valence-corrected chi connectivity index (χ4v) is 44.0. The van der Waals surface area contributed by atoms with Gasteiger partial charge in [0.1, 0.15) is 0 Å². The zero-order valence-corrected chi connectivity index (χ0v) is 14.4. The highest BCUT2D eigenvalue weighted by Gasteiger charge is 2.59. The Kier molecular flexibility index (Phi) is 2.40. The van der Waals surface area contributed by atoms with Crippen LogP contribution >= 0.6 is 0 Å². The van der Waals surface area contributed by atoms with Crippen molar-refractivity contribution in [2.75, 3.05) is 0 Å². The highest BCUT2D eigenvalue weighted by atomic mass is 28.9. The monoisotopic (exact) mass is 254 g/mol. The first-order chi connectivity index (χ1) is 6.23. The topological polar surface area (TPSA) is 0 Å². The molecule has 0 saturated carbocycles. The van der Waals surface area contributed by atoms with Gasteiger partial charge in [0, 0.05) is 9.52 Å². The van der Waals surface area contributed by atoms with Crippen molar-refractivity contribution in [3.63, 3.8) is 0 Å². The maximum atomic E-state index is 2.68. The van der Waals surface area contributed by atoms with Crippen molar-refractivity contribution in [2.45, 2.75) is 61.4 Å². The van der Waals surface area contributed by atoms with E-state index in [1.807, 2.05) is 0 Å². The highest BCUT2D eigenvalue weighted by Crippen LogP contribution is 2.59. The van der Waals surface area contributed by atoms with E-state index in [0.717, 1.165) is 9.32 Å². The first kappa shape index (κ1) is 11.4. The highest BCUT2D eigenvalue weighted by molar-refractivity contribution is 7.24. The van der Waals surface area contributed by atoms with Crippen molar-refractivity contribution in [3.05, 3.63) is 0 Å². The van der Waals surface area contributed by atoms with E-state index < -0.39 is 8.07 Å². The smallest absolute Gasteiger partial charge is 0.0591 e. The van der Waals surface area contributed by atoms with Crippen LogP contribution in [-0.4, -0.2) is 33.4 Å². The van der Waals surface area contributed by atoms with Crippen LogP contribution in [-0.2, 0) is 0 Å². The molecule has 2 rings (SSSR count). The molecule has 78 valence electrons. The Hall–Kier alpha value is 0.868. The number of hydrogen-bond donors (Lipinski definition) is 0. The molecule has 14 heavy (non-hydrogen) atoms. The predicted molar refractivity (Wildman–Crippen MR) is 72.4 cm³/mol. The molecule has 0 aliphatic carbocycles. The van der Waals surface area contributed by atoms with Crippen molar-refractivity contribution in [1.29, 1.82) is 0 Å². The van der Waals surface area contributed by atoms with E-state index in [1.165, 1.54) is 9.52 Å². The normalized spacial score (nSPS) is 32.1. The van der Waals surface area contributed by atoms with Crippen LogP contribution in [0.3, 0.4) is 0 Å². The van der Waals surface area contributed by atoms with E-state index in [1.54, 1.807) is 11.3 Å². The quantitative estimate of drug-likeness (QED) is 0.583. The first-order valence-corrected chi connectivity index (χ1v) is 14.5. The summed E-state index contributed by atoms with van der Waals surface area (Å²) in [7, 11) is 0.491. The van der Waals surface area contributed by atoms with Crippen LogP contribution in [0.2, 0.25) is 33.8 Å². The minimum absolute atomic E-state index is 0.0687. The van der Waals surface area contributed by atoms with Gasteiger partial charge in [0.05, 0.1) is 8.07 Å². The summed E-state index contributed by atoms with van der Waals surface area (Å²) >= 11 is 0. The lowest BCUT2D eigenvalue weighted by Gasteiger charge is -2.46. The third-order valence-electron chi connectivity index (χ3n) is 5.60. The summed E-state index contributed by atoms with van der Waals surface area (Å²) in [5, 5.41) is 0. The minimum Gasteiger partial charge on any atom is -0.0686 e. The molecule has 0 nitrogen and oxygen atoms in total. The molecular weight excluding hydrogens is 232 g/mol. The van der Waals surface area contributed by atoms with Gasteiger partial charge >= 0.3 is 0 Å². The van der Waals surface area contributed by atoms with E-state index >= 15 is 0 Å². The molecule has 0 N–H and O–H groups in total. The van der Waals surface area contributed by atoms with Gasteiger partial charge in [-0.25, -0.2) is 0 Å². The van der Waals surface area contributed by atoms with Crippen molar-refractivity contribution >= 4 is 33.4 Å².